The standard InChI is InChI=1S/C17H25BrN2O2/c1-12-7-8-13(10-15(12)18)19-11-14-6-5-9-20(14)16(21)22-17(2,3)4/h7-8,10,14,19H,5-6,9,11H2,1-4H3. The van der Waals surface area contributed by atoms with E-state index >= 15 is 0 Å². The van der Waals surface area contributed by atoms with E-state index < -0.39 is 5.60 Å². The van der Waals surface area contributed by atoms with Crippen LogP contribution >= 0.6 is 15.9 Å². The molecule has 22 heavy (non-hydrogen) atoms. The molecule has 1 aromatic rings. The van der Waals surface area contributed by atoms with Gasteiger partial charge in [-0.1, -0.05) is 22.0 Å². The summed E-state index contributed by atoms with van der Waals surface area (Å²) < 4.78 is 6.58. The first-order valence-corrected chi connectivity index (χ1v) is 8.55. The minimum absolute atomic E-state index is 0.190. The first kappa shape index (κ1) is 17.1. The number of amides is 1. The van der Waals surface area contributed by atoms with Crippen molar-refractivity contribution in [2.75, 3.05) is 18.4 Å². The molecular weight excluding hydrogens is 344 g/mol. The molecule has 1 heterocycles. The highest BCUT2D eigenvalue weighted by Gasteiger charge is 2.31. The number of halogens is 1. The predicted molar refractivity (Wildman–Crippen MR) is 93.3 cm³/mol. The van der Waals surface area contributed by atoms with Crippen molar-refractivity contribution >= 4 is 27.7 Å². The number of aryl methyl sites for hydroxylation is 1. The molecule has 0 aliphatic carbocycles. The molecule has 1 atom stereocenters. The van der Waals surface area contributed by atoms with Crippen LogP contribution in [0.15, 0.2) is 22.7 Å². The van der Waals surface area contributed by atoms with E-state index in [4.69, 9.17) is 4.74 Å². The highest BCUT2D eigenvalue weighted by atomic mass is 79.9. The molecule has 0 saturated carbocycles. The van der Waals surface area contributed by atoms with Crippen LogP contribution in [0.3, 0.4) is 0 Å². The van der Waals surface area contributed by atoms with E-state index in [1.165, 1.54) is 5.56 Å². The van der Waals surface area contributed by atoms with E-state index in [9.17, 15) is 4.79 Å². The zero-order chi connectivity index (χ0) is 16.3. The minimum atomic E-state index is -0.445. The first-order valence-electron chi connectivity index (χ1n) is 7.76. The van der Waals surface area contributed by atoms with Gasteiger partial charge in [-0.15, -0.1) is 0 Å². The molecule has 1 fully saturated rings. The Kier molecular flexibility index (Phi) is 5.37. The van der Waals surface area contributed by atoms with Crippen LogP contribution in [0.4, 0.5) is 10.5 Å². The van der Waals surface area contributed by atoms with E-state index in [0.29, 0.717) is 0 Å². The Morgan fingerprint density at radius 2 is 2.18 bits per heavy atom. The van der Waals surface area contributed by atoms with E-state index in [1.807, 2.05) is 25.7 Å². The molecule has 0 bridgehead atoms. The number of nitrogens with one attached hydrogen (secondary N) is 1. The van der Waals surface area contributed by atoms with Gasteiger partial charge >= 0.3 is 6.09 Å². The number of likely N-dealkylation sites (tertiary alicyclic amines) is 1. The van der Waals surface area contributed by atoms with Crippen LogP contribution in [-0.2, 0) is 4.74 Å². The summed E-state index contributed by atoms with van der Waals surface area (Å²) in [5, 5.41) is 3.42. The van der Waals surface area contributed by atoms with Crippen LogP contribution in [0, 0.1) is 6.92 Å². The molecule has 2 rings (SSSR count). The lowest BCUT2D eigenvalue weighted by Crippen LogP contribution is -2.42. The summed E-state index contributed by atoms with van der Waals surface area (Å²) in [4.78, 5) is 14.1. The lowest BCUT2D eigenvalue weighted by Gasteiger charge is -2.29. The highest BCUT2D eigenvalue weighted by molar-refractivity contribution is 9.10. The molecule has 1 aromatic carbocycles. The Balaban J connectivity index is 1.93. The van der Waals surface area contributed by atoms with Gasteiger partial charge in [0.2, 0.25) is 0 Å². The summed E-state index contributed by atoms with van der Waals surface area (Å²) in [7, 11) is 0. The van der Waals surface area contributed by atoms with Gasteiger partial charge in [0.1, 0.15) is 5.60 Å². The number of anilines is 1. The maximum atomic E-state index is 12.2. The average Bonchev–Trinajstić information content (AvgIpc) is 2.87. The Labute approximate surface area is 141 Å². The number of hydrogen-bond acceptors (Lipinski definition) is 3. The van der Waals surface area contributed by atoms with E-state index in [0.717, 1.165) is 36.1 Å². The molecule has 122 valence electrons. The van der Waals surface area contributed by atoms with Crippen molar-refractivity contribution in [1.82, 2.24) is 4.90 Å². The SMILES string of the molecule is Cc1ccc(NCC2CCCN2C(=O)OC(C)(C)C)cc1Br. The fourth-order valence-corrected chi connectivity index (χ4v) is 2.93. The van der Waals surface area contributed by atoms with Gasteiger partial charge < -0.3 is 15.0 Å². The van der Waals surface area contributed by atoms with Gasteiger partial charge in [-0.05, 0) is 58.2 Å². The predicted octanol–water partition coefficient (Wildman–Crippen LogP) is 4.57. The van der Waals surface area contributed by atoms with E-state index in [2.05, 4.69) is 46.4 Å². The highest BCUT2D eigenvalue weighted by Crippen LogP contribution is 2.23. The van der Waals surface area contributed by atoms with Crippen LogP contribution in [0.25, 0.3) is 0 Å². The number of hydrogen-bond donors (Lipinski definition) is 1. The number of rotatable bonds is 3. The molecule has 4 nitrogen and oxygen atoms in total. The third-order valence-corrected chi connectivity index (χ3v) is 4.57. The van der Waals surface area contributed by atoms with Crippen LogP contribution in [0.5, 0.6) is 0 Å². The van der Waals surface area contributed by atoms with Crippen molar-refractivity contribution in [1.29, 1.82) is 0 Å². The molecule has 0 spiro atoms. The van der Waals surface area contributed by atoms with Crippen molar-refractivity contribution in [3.63, 3.8) is 0 Å². The normalized spacial score (nSPS) is 18.4. The maximum Gasteiger partial charge on any atom is 0.410 e. The fraction of sp³-hybridized carbons (Fsp3) is 0.588. The minimum Gasteiger partial charge on any atom is -0.444 e. The first-order chi connectivity index (χ1) is 10.3. The monoisotopic (exact) mass is 368 g/mol. The average molecular weight is 369 g/mol. The quantitative estimate of drug-likeness (QED) is 0.849. The van der Waals surface area contributed by atoms with Crippen molar-refractivity contribution in [2.45, 2.75) is 52.2 Å². The Morgan fingerprint density at radius 1 is 1.45 bits per heavy atom. The summed E-state index contributed by atoms with van der Waals surface area (Å²) in [6.07, 6.45) is 1.84. The van der Waals surface area contributed by atoms with E-state index in [-0.39, 0.29) is 12.1 Å². The van der Waals surface area contributed by atoms with Gasteiger partial charge in [-0.2, -0.15) is 0 Å². The molecule has 1 saturated heterocycles. The molecule has 1 aliphatic heterocycles. The van der Waals surface area contributed by atoms with Gasteiger partial charge in [-0.25, -0.2) is 4.79 Å². The zero-order valence-electron chi connectivity index (χ0n) is 13.8. The van der Waals surface area contributed by atoms with Crippen molar-refractivity contribution in [2.24, 2.45) is 0 Å². The number of carbonyl (C=O) groups excluding carboxylic acids is 1. The van der Waals surface area contributed by atoms with Crippen LogP contribution in [-0.4, -0.2) is 35.7 Å². The summed E-state index contributed by atoms with van der Waals surface area (Å²) in [6.45, 7) is 9.29. The maximum absolute atomic E-state index is 12.2. The van der Waals surface area contributed by atoms with Crippen LogP contribution in [0.1, 0.15) is 39.2 Å². The van der Waals surface area contributed by atoms with Gasteiger partial charge in [0.05, 0.1) is 6.04 Å². The van der Waals surface area contributed by atoms with Gasteiger partial charge in [0.25, 0.3) is 0 Å². The summed E-state index contributed by atoms with van der Waals surface area (Å²) >= 11 is 3.54. The second kappa shape index (κ2) is 6.90. The number of ether oxygens (including phenoxy) is 1. The molecule has 1 unspecified atom stereocenters. The van der Waals surface area contributed by atoms with Crippen molar-refractivity contribution < 1.29 is 9.53 Å². The molecular formula is C17H25BrN2O2. The number of benzene rings is 1. The largest absolute Gasteiger partial charge is 0.444 e. The zero-order valence-corrected chi connectivity index (χ0v) is 15.4. The molecule has 1 aliphatic rings. The number of nitrogens with zero attached hydrogens (tertiary/aromatic N) is 1. The fourth-order valence-electron chi connectivity index (χ4n) is 2.55. The number of carbonyl (C=O) groups is 1. The van der Waals surface area contributed by atoms with Crippen LogP contribution in [0.2, 0.25) is 0 Å². The lowest BCUT2D eigenvalue weighted by atomic mass is 10.2. The molecule has 1 amide bonds. The molecule has 5 heteroatoms. The Hall–Kier alpha value is -1.23. The van der Waals surface area contributed by atoms with E-state index in [1.54, 1.807) is 0 Å². The third-order valence-electron chi connectivity index (χ3n) is 3.72. The smallest absolute Gasteiger partial charge is 0.410 e. The Bertz CT molecular complexity index is 540. The summed E-state index contributed by atoms with van der Waals surface area (Å²) in [5.74, 6) is 0. The lowest BCUT2D eigenvalue weighted by molar-refractivity contribution is 0.0235. The van der Waals surface area contributed by atoms with Gasteiger partial charge in [0.15, 0.2) is 0 Å². The third kappa shape index (κ3) is 4.63. The van der Waals surface area contributed by atoms with Crippen molar-refractivity contribution in [3.8, 4) is 0 Å². The second-order valence-electron chi connectivity index (χ2n) is 6.81. The topological polar surface area (TPSA) is 41.6 Å². The van der Waals surface area contributed by atoms with Gasteiger partial charge in [-0.3, -0.25) is 0 Å². The summed E-state index contributed by atoms with van der Waals surface area (Å²) in [6, 6.07) is 6.40. The molecule has 1 N–H and O–H groups in total. The summed E-state index contributed by atoms with van der Waals surface area (Å²) in [5.41, 5.74) is 1.83. The molecule has 0 aromatic heterocycles. The van der Waals surface area contributed by atoms with Crippen molar-refractivity contribution in [3.05, 3.63) is 28.2 Å². The second-order valence-corrected chi connectivity index (χ2v) is 7.67. The molecule has 0 radical (unpaired) electrons. The van der Waals surface area contributed by atoms with Crippen LogP contribution < -0.4 is 5.32 Å². The Morgan fingerprint density at radius 3 is 2.82 bits per heavy atom. The van der Waals surface area contributed by atoms with Gasteiger partial charge in [0, 0.05) is 23.2 Å².